The largest absolute Gasteiger partial charge is 0.391 e. The standard InChI is InChI=1S/C10H17NO2S/c1-10(2,3)9-11-7(6-13-4)8(5-12)14-9/h12H,5-6H2,1-4H3. The third-order valence-corrected chi connectivity index (χ3v) is 3.35. The molecule has 0 atom stereocenters. The van der Waals surface area contributed by atoms with Crippen molar-refractivity contribution >= 4 is 11.3 Å². The van der Waals surface area contributed by atoms with Gasteiger partial charge in [-0.2, -0.15) is 0 Å². The summed E-state index contributed by atoms with van der Waals surface area (Å²) in [7, 11) is 1.64. The lowest BCUT2D eigenvalue weighted by Gasteiger charge is -2.13. The maximum Gasteiger partial charge on any atom is 0.0986 e. The fourth-order valence-electron chi connectivity index (χ4n) is 1.08. The topological polar surface area (TPSA) is 42.4 Å². The third-order valence-electron chi connectivity index (χ3n) is 1.84. The molecule has 80 valence electrons. The minimum absolute atomic E-state index is 0.0422. The lowest BCUT2D eigenvalue weighted by Crippen LogP contribution is -2.10. The van der Waals surface area contributed by atoms with E-state index in [2.05, 4.69) is 25.8 Å². The van der Waals surface area contributed by atoms with E-state index in [1.807, 2.05) is 0 Å². The van der Waals surface area contributed by atoms with Crippen molar-refractivity contribution in [2.75, 3.05) is 7.11 Å². The van der Waals surface area contributed by atoms with Crippen molar-refractivity contribution in [2.24, 2.45) is 0 Å². The van der Waals surface area contributed by atoms with Gasteiger partial charge < -0.3 is 9.84 Å². The summed E-state index contributed by atoms with van der Waals surface area (Å²) in [5, 5.41) is 10.2. The van der Waals surface area contributed by atoms with E-state index in [-0.39, 0.29) is 12.0 Å². The molecule has 0 aliphatic rings. The summed E-state index contributed by atoms with van der Waals surface area (Å²) in [6.45, 7) is 6.87. The van der Waals surface area contributed by atoms with E-state index in [9.17, 15) is 0 Å². The molecule has 1 N–H and O–H groups in total. The van der Waals surface area contributed by atoms with Gasteiger partial charge in [-0.25, -0.2) is 4.98 Å². The molecule has 4 heteroatoms. The van der Waals surface area contributed by atoms with Crippen LogP contribution in [0.15, 0.2) is 0 Å². The first kappa shape index (κ1) is 11.6. The van der Waals surface area contributed by atoms with Crippen LogP contribution in [0.5, 0.6) is 0 Å². The number of aliphatic hydroxyl groups excluding tert-OH is 1. The number of hydrogen-bond acceptors (Lipinski definition) is 4. The molecule has 0 spiro atoms. The summed E-state index contributed by atoms with van der Waals surface area (Å²) in [5.41, 5.74) is 0.908. The zero-order valence-corrected chi connectivity index (χ0v) is 9.94. The van der Waals surface area contributed by atoms with Crippen LogP contribution >= 0.6 is 11.3 Å². The molecule has 1 rings (SSSR count). The van der Waals surface area contributed by atoms with Crippen molar-refractivity contribution in [1.82, 2.24) is 4.98 Å². The minimum Gasteiger partial charge on any atom is -0.391 e. The van der Waals surface area contributed by atoms with Crippen molar-refractivity contribution in [2.45, 2.75) is 39.4 Å². The van der Waals surface area contributed by atoms with Gasteiger partial charge in [0.05, 0.1) is 28.8 Å². The highest BCUT2D eigenvalue weighted by atomic mass is 32.1. The van der Waals surface area contributed by atoms with E-state index >= 15 is 0 Å². The van der Waals surface area contributed by atoms with Gasteiger partial charge in [0.1, 0.15) is 0 Å². The minimum atomic E-state index is 0.0422. The molecule has 0 amide bonds. The van der Waals surface area contributed by atoms with Crippen molar-refractivity contribution in [3.63, 3.8) is 0 Å². The second kappa shape index (κ2) is 4.38. The molecule has 0 aromatic carbocycles. The maximum absolute atomic E-state index is 9.14. The van der Waals surface area contributed by atoms with Gasteiger partial charge in [0.15, 0.2) is 0 Å². The van der Waals surface area contributed by atoms with Gasteiger partial charge in [0.2, 0.25) is 0 Å². The fourth-order valence-corrected chi connectivity index (χ4v) is 2.06. The second-order valence-electron chi connectivity index (χ2n) is 4.23. The Morgan fingerprint density at radius 3 is 2.50 bits per heavy atom. The van der Waals surface area contributed by atoms with Crippen LogP contribution in [0, 0.1) is 0 Å². The van der Waals surface area contributed by atoms with Crippen LogP contribution in [0.3, 0.4) is 0 Å². The van der Waals surface area contributed by atoms with Crippen LogP contribution in [-0.4, -0.2) is 17.2 Å². The summed E-state index contributed by atoms with van der Waals surface area (Å²) in [5.74, 6) is 0. The molecule has 3 nitrogen and oxygen atoms in total. The van der Waals surface area contributed by atoms with Gasteiger partial charge in [-0.1, -0.05) is 20.8 Å². The van der Waals surface area contributed by atoms with Crippen molar-refractivity contribution in [3.8, 4) is 0 Å². The Labute approximate surface area is 88.8 Å². The highest BCUT2D eigenvalue weighted by molar-refractivity contribution is 7.11. The molecule has 0 aliphatic heterocycles. The Kier molecular flexibility index (Phi) is 3.64. The predicted octanol–water partition coefficient (Wildman–Crippen LogP) is 2.08. The number of ether oxygens (including phenoxy) is 1. The fraction of sp³-hybridized carbons (Fsp3) is 0.700. The molecule has 1 aromatic heterocycles. The highest BCUT2D eigenvalue weighted by Crippen LogP contribution is 2.29. The van der Waals surface area contributed by atoms with E-state index in [1.165, 1.54) is 0 Å². The predicted molar refractivity (Wildman–Crippen MR) is 57.4 cm³/mol. The van der Waals surface area contributed by atoms with Crippen LogP contribution in [0.1, 0.15) is 36.3 Å². The van der Waals surface area contributed by atoms with Crippen LogP contribution in [0.2, 0.25) is 0 Å². The van der Waals surface area contributed by atoms with Gasteiger partial charge in [0.25, 0.3) is 0 Å². The van der Waals surface area contributed by atoms with Gasteiger partial charge >= 0.3 is 0 Å². The smallest absolute Gasteiger partial charge is 0.0986 e. The molecule has 14 heavy (non-hydrogen) atoms. The number of nitrogens with zero attached hydrogens (tertiary/aromatic N) is 1. The molecule has 0 fully saturated rings. The molecule has 1 heterocycles. The highest BCUT2D eigenvalue weighted by Gasteiger charge is 2.20. The third kappa shape index (κ3) is 2.53. The molecule has 0 bridgehead atoms. The first-order valence-electron chi connectivity index (χ1n) is 4.58. The van der Waals surface area contributed by atoms with Crippen LogP contribution in [0.25, 0.3) is 0 Å². The summed E-state index contributed by atoms with van der Waals surface area (Å²) >= 11 is 1.57. The Balaban J connectivity index is 3.00. The number of aromatic nitrogens is 1. The summed E-state index contributed by atoms with van der Waals surface area (Å²) in [6, 6.07) is 0. The van der Waals surface area contributed by atoms with E-state index in [0.717, 1.165) is 15.6 Å². The van der Waals surface area contributed by atoms with E-state index in [1.54, 1.807) is 18.4 Å². The number of thiazole rings is 1. The van der Waals surface area contributed by atoms with Gasteiger partial charge in [0, 0.05) is 12.5 Å². The second-order valence-corrected chi connectivity index (χ2v) is 5.31. The Hall–Kier alpha value is -0.450. The van der Waals surface area contributed by atoms with Gasteiger partial charge in [-0.15, -0.1) is 11.3 Å². The first-order valence-corrected chi connectivity index (χ1v) is 5.39. The van der Waals surface area contributed by atoms with Crippen LogP contribution < -0.4 is 0 Å². The first-order chi connectivity index (χ1) is 6.49. The zero-order valence-electron chi connectivity index (χ0n) is 9.13. The Morgan fingerprint density at radius 2 is 2.07 bits per heavy atom. The number of hydrogen-bond donors (Lipinski definition) is 1. The summed E-state index contributed by atoms with van der Waals surface area (Å²) in [6.07, 6.45) is 0. The molecule has 0 saturated carbocycles. The molecular weight excluding hydrogens is 198 g/mol. The zero-order chi connectivity index (χ0) is 10.8. The van der Waals surface area contributed by atoms with E-state index in [0.29, 0.717) is 6.61 Å². The summed E-state index contributed by atoms with van der Waals surface area (Å²) < 4.78 is 5.03. The van der Waals surface area contributed by atoms with Crippen molar-refractivity contribution in [1.29, 1.82) is 0 Å². The van der Waals surface area contributed by atoms with Crippen LogP contribution in [-0.2, 0) is 23.4 Å². The van der Waals surface area contributed by atoms with Crippen LogP contribution in [0.4, 0.5) is 0 Å². The lowest BCUT2D eigenvalue weighted by atomic mass is 9.98. The number of methoxy groups -OCH3 is 1. The monoisotopic (exact) mass is 215 g/mol. The summed E-state index contributed by atoms with van der Waals surface area (Å²) in [4.78, 5) is 5.39. The van der Waals surface area contributed by atoms with Crippen molar-refractivity contribution < 1.29 is 9.84 Å². The van der Waals surface area contributed by atoms with Gasteiger partial charge in [-0.05, 0) is 0 Å². The quantitative estimate of drug-likeness (QED) is 0.839. The molecule has 0 unspecified atom stereocenters. The SMILES string of the molecule is COCc1nc(C(C)(C)C)sc1CO. The molecule has 1 aromatic rings. The van der Waals surface area contributed by atoms with E-state index in [4.69, 9.17) is 9.84 Å². The maximum atomic E-state index is 9.14. The average Bonchev–Trinajstić information content (AvgIpc) is 2.47. The Morgan fingerprint density at radius 1 is 1.43 bits per heavy atom. The van der Waals surface area contributed by atoms with Gasteiger partial charge in [-0.3, -0.25) is 0 Å². The number of rotatable bonds is 3. The lowest BCUT2D eigenvalue weighted by molar-refractivity contribution is 0.178. The van der Waals surface area contributed by atoms with E-state index < -0.39 is 0 Å². The number of aliphatic hydroxyl groups is 1. The Bertz CT molecular complexity index is 302. The molecule has 0 saturated heterocycles. The van der Waals surface area contributed by atoms with Crippen molar-refractivity contribution in [3.05, 3.63) is 15.6 Å². The average molecular weight is 215 g/mol. The molecule has 0 aliphatic carbocycles. The normalized spacial score (nSPS) is 12.1. The molecular formula is C10H17NO2S. The molecule has 0 radical (unpaired) electrons.